The van der Waals surface area contributed by atoms with Crippen LogP contribution in [0, 0.1) is 12.7 Å². The van der Waals surface area contributed by atoms with Gasteiger partial charge in [-0.05, 0) is 43.2 Å². The Kier molecular flexibility index (Phi) is 5.38. The maximum Gasteiger partial charge on any atom is 0.274 e. The van der Waals surface area contributed by atoms with Gasteiger partial charge in [0.1, 0.15) is 11.6 Å². The molecule has 0 radical (unpaired) electrons. The number of hydrogen-bond donors (Lipinski definition) is 1. The van der Waals surface area contributed by atoms with Crippen LogP contribution in [0.25, 0.3) is 5.78 Å². The standard InChI is InChI=1S/C22H20FN5O2/c1-15-13-21(30)28-22(24-15)25-19(26-28)14-27(18-10-8-17(23)9-11-18)20(29)12-7-16-5-3-2-4-6-16/h2-6,8-11,13H,7,12,14H2,1H3,(H,24,25,26). The third-order valence-corrected chi connectivity index (χ3v) is 4.72. The van der Waals surface area contributed by atoms with Crippen molar-refractivity contribution in [3.05, 3.63) is 93.9 Å². The number of fused-ring (bicyclic) bond motifs is 1. The fourth-order valence-electron chi connectivity index (χ4n) is 3.23. The topological polar surface area (TPSA) is 83.4 Å². The number of hydrogen-bond acceptors (Lipinski definition) is 4. The summed E-state index contributed by atoms with van der Waals surface area (Å²) in [5.74, 6) is 0.126. The first-order valence-electron chi connectivity index (χ1n) is 9.55. The van der Waals surface area contributed by atoms with Crippen molar-refractivity contribution < 1.29 is 9.18 Å². The molecule has 1 amide bonds. The zero-order valence-electron chi connectivity index (χ0n) is 16.4. The minimum absolute atomic E-state index is 0.0983. The molecule has 2 aromatic carbocycles. The van der Waals surface area contributed by atoms with E-state index in [9.17, 15) is 14.0 Å². The van der Waals surface area contributed by atoms with E-state index in [1.165, 1.54) is 27.6 Å². The van der Waals surface area contributed by atoms with E-state index in [0.717, 1.165) is 5.56 Å². The van der Waals surface area contributed by atoms with Crippen LogP contribution in [0.2, 0.25) is 0 Å². The van der Waals surface area contributed by atoms with E-state index in [-0.39, 0.29) is 36.0 Å². The van der Waals surface area contributed by atoms with Crippen molar-refractivity contribution in [3.63, 3.8) is 0 Å². The summed E-state index contributed by atoms with van der Waals surface area (Å²) < 4.78 is 14.6. The molecule has 2 aromatic heterocycles. The summed E-state index contributed by atoms with van der Waals surface area (Å²) in [5, 5.41) is 2.89. The van der Waals surface area contributed by atoms with Crippen molar-refractivity contribution in [3.8, 4) is 0 Å². The monoisotopic (exact) mass is 405 g/mol. The second-order valence-electron chi connectivity index (χ2n) is 6.98. The number of halogens is 1. The van der Waals surface area contributed by atoms with Crippen LogP contribution in [0.1, 0.15) is 23.5 Å². The lowest BCUT2D eigenvalue weighted by Gasteiger charge is -2.22. The molecular formula is C22H20FN5O2. The van der Waals surface area contributed by atoms with E-state index in [1.807, 2.05) is 30.3 Å². The highest BCUT2D eigenvalue weighted by Crippen LogP contribution is 2.19. The van der Waals surface area contributed by atoms with E-state index in [1.54, 1.807) is 19.1 Å². The van der Waals surface area contributed by atoms with E-state index >= 15 is 0 Å². The van der Waals surface area contributed by atoms with Crippen LogP contribution in [0.3, 0.4) is 0 Å². The van der Waals surface area contributed by atoms with Crippen LogP contribution < -0.4 is 10.5 Å². The summed E-state index contributed by atoms with van der Waals surface area (Å²) >= 11 is 0. The Hall–Kier alpha value is -3.81. The molecule has 0 spiro atoms. The number of carbonyl (C=O) groups excluding carboxylic acids is 1. The largest absolute Gasteiger partial charge is 0.305 e. The summed E-state index contributed by atoms with van der Waals surface area (Å²) in [6.45, 7) is 1.81. The van der Waals surface area contributed by atoms with Crippen molar-refractivity contribution in [1.82, 2.24) is 19.6 Å². The number of aromatic amines is 1. The highest BCUT2D eigenvalue weighted by atomic mass is 19.1. The molecule has 0 atom stereocenters. The SMILES string of the molecule is Cc1cc(=O)n2[nH]c(CN(C(=O)CCc3ccccc3)c3ccc(F)cc3)nc2n1. The quantitative estimate of drug-likeness (QED) is 0.535. The van der Waals surface area contributed by atoms with E-state index in [2.05, 4.69) is 15.1 Å². The normalized spacial score (nSPS) is 11.0. The Morgan fingerprint density at radius 2 is 1.83 bits per heavy atom. The fourth-order valence-corrected chi connectivity index (χ4v) is 3.23. The van der Waals surface area contributed by atoms with E-state index < -0.39 is 0 Å². The van der Waals surface area contributed by atoms with Gasteiger partial charge in [-0.2, -0.15) is 9.50 Å². The second kappa shape index (κ2) is 8.28. The first-order chi connectivity index (χ1) is 14.5. The molecule has 0 unspecified atom stereocenters. The summed E-state index contributed by atoms with van der Waals surface area (Å²) in [4.78, 5) is 35.3. The first-order valence-corrected chi connectivity index (χ1v) is 9.55. The number of carbonyl (C=O) groups is 1. The molecular weight excluding hydrogens is 385 g/mol. The Balaban J connectivity index is 1.61. The Bertz CT molecular complexity index is 1230. The van der Waals surface area contributed by atoms with Crippen LogP contribution in [0.5, 0.6) is 0 Å². The third-order valence-electron chi connectivity index (χ3n) is 4.72. The molecule has 4 rings (SSSR count). The molecule has 0 aliphatic carbocycles. The fraction of sp³-hybridized carbons (Fsp3) is 0.182. The lowest BCUT2D eigenvalue weighted by molar-refractivity contribution is -0.118. The van der Waals surface area contributed by atoms with Gasteiger partial charge in [-0.15, -0.1) is 0 Å². The van der Waals surface area contributed by atoms with E-state index in [0.29, 0.717) is 23.6 Å². The van der Waals surface area contributed by atoms with E-state index in [4.69, 9.17) is 0 Å². The molecule has 4 aromatic rings. The molecule has 8 heteroatoms. The molecule has 0 saturated heterocycles. The maximum atomic E-state index is 13.4. The minimum Gasteiger partial charge on any atom is -0.305 e. The van der Waals surface area contributed by atoms with Gasteiger partial charge >= 0.3 is 0 Å². The van der Waals surface area contributed by atoms with Gasteiger partial charge in [0.05, 0.1) is 6.54 Å². The van der Waals surface area contributed by atoms with Gasteiger partial charge in [-0.1, -0.05) is 30.3 Å². The zero-order chi connectivity index (χ0) is 21.1. The predicted octanol–water partition coefficient (Wildman–Crippen LogP) is 3.03. The Morgan fingerprint density at radius 3 is 2.57 bits per heavy atom. The molecule has 152 valence electrons. The molecule has 0 fully saturated rings. The Morgan fingerprint density at radius 1 is 1.10 bits per heavy atom. The van der Waals surface area contributed by atoms with Gasteiger partial charge in [0.2, 0.25) is 5.91 Å². The van der Waals surface area contributed by atoms with Gasteiger partial charge in [-0.25, -0.2) is 9.37 Å². The van der Waals surface area contributed by atoms with Gasteiger partial charge in [-0.3, -0.25) is 14.7 Å². The average molecular weight is 405 g/mol. The number of amides is 1. The molecule has 0 aliphatic rings. The van der Waals surface area contributed by atoms with Gasteiger partial charge in [0, 0.05) is 23.9 Å². The average Bonchev–Trinajstić information content (AvgIpc) is 3.15. The van der Waals surface area contributed by atoms with Gasteiger partial charge < -0.3 is 4.90 Å². The van der Waals surface area contributed by atoms with Crippen molar-refractivity contribution in [1.29, 1.82) is 0 Å². The van der Waals surface area contributed by atoms with Crippen molar-refractivity contribution in [2.24, 2.45) is 0 Å². The van der Waals surface area contributed by atoms with Crippen LogP contribution >= 0.6 is 0 Å². The van der Waals surface area contributed by atoms with Crippen LogP contribution in [-0.4, -0.2) is 25.5 Å². The number of rotatable bonds is 6. The number of H-pyrrole nitrogens is 1. The smallest absolute Gasteiger partial charge is 0.274 e. The highest BCUT2D eigenvalue weighted by Gasteiger charge is 2.19. The van der Waals surface area contributed by atoms with Gasteiger partial charge in [0.25, 0.3) is 11.3 Å². The van der Waals surface area contributed by atoms with Crippen molar-refractivity contribution in [2.75, 3.05) is 4.90 Å². The summed E-state index contributed by atoms with van der Waals surface area (Å²) in [6, 6.07) is 16.8. The van der Waals surface area contributed by atoms with Crippen LogP contribution in [-0.2, 0) is 17.8 Å². The lowest BCUT2D eigenvalue weighted by Crippen LogP contribution is -2.31. The summed E-state index contributed by atoms with van der Waals surface area (Å²) in [6.07, 6.45) is 0.858. The number of aryl methyl sites for hydroxylation is 2. The molecule has 7 nitrogen and oxygen atoms in total. The number of anilines is 1. The summed E-state index contributed by atoms with van der Waals surface area (Å²) in [5.41, 5.74) is 1.89. The first kappa shape index (κ1) is 19.5. The predicted molar refractivity (Wildman–Crippen MR) is 111 cm³/mol. The lowest BCUT2D eigenvalue weighted by atomic mass is 10.1. The molecule has 30 heavy (non-hydrogen) atoms. The minimum atomic E-state index is -0.384. The van der Waals surface area contributed by atoms with Crippen molar-refractivity contribution >= 4 is 17.4 Å². The maximum absolute atomic E-state index is 13.4. The molecule has 0 aliphatic heterocycles. The highest BCUT2D eigenvalue weighted by molar-refractivity contribution is 5.93. The molecule has 0 saturated carbocycles. The molecule has 1 N–H and O–H groups in total. The zero-order valence-corrected chi connectivity index (χ0v) is 16.4. The third kappa shape index (κ3) is 4.27. The van der Waals surface area contributed by atoms with Crippen molar-refractivity contribution in [2.45, 2.75) is 26.3 Å². The number of nitrogens with zero attached hydrogens (tertiary/aromatic N) is 4. The Labute approximate surface area is 171 Å². The number of aromatic nitrogens is 4. The van der Waals surface area contributed by atoms with Crippen LogP contribution in [0.4, 0.5) is 10.1 Å². The summed E-state index contributed by atoms with van der Waals surface area (Å²) in [7, 11) is 0. The number of benzene rings is 2. The second-order valence-corrected chi connectivity index (χ2v) is 6.98. The van der Waals surface area contributed by atoms with Gasteiger partial charge in [0.15, 0.2) is 0 Å². The van der Waals surface area contributed by atoms with Crippen LogP contribution in [0.15, 0.2) is 65.5 Å². The molecule has 0 bridgehead atoms. The number of nitrogens with one attached hydrogen (secondary N) is 1. The molecule has 2 heterocycles.